The Morgan fingerprint density at radius 3 is 2.48 bits per heavy atom. The van der Waals surface area contributed by atoms with Crippen LogP contribution in [0.2, 0.25) is 0 Å². The van der Waals surface area contributed by atoms with Crippen molar-refractivity contribution < 1.29 is 5.11 Å². The number of aliphatic hydroxyl groups is 1. The quantitative estimate of drug-likeness (QED) is 0.424. The lowest BCUT2D eigenvalue weighted by atomic mass is 9.47. The fraction of sp³-hybridized carbons (Fsp3) is 0.867. The predicted octanol–water partition coefficient (Wildman–Crippen LogP) is 8.19. The van der Waals surface area contributed by atoms with E-state index in [1.807, 2.05) is 0 Å². The second-order valence-corrected chi connectivity index (χ2v) is 13.1. The van der Waals surface area contributed by atoms with Crippen molar-refractivity contribution in [3.8, 4) is 0 Å². The monoisotopic (exact) mass is 426 g/mol. The van der Waals surface area contributed by atoms with Gasteiger partial charge in [-0.3, -0.25) is 0 Å². The molecule has 4 aliphatic carbocycles. The highest BCUT2D eigenvalue weighted by molar-refractivity contribution is 5.25. The van der Waals surface area contributed by atoms with Crippen LogP contribution in [-0.4, -0.2) is 11.2 Å². The number of aliphatic hydroxyl groups excluding tert-OH is 1. The van der Waals surface area contributed by atoms with E-state index in [0.717, 1.165) is 42.4 Å². The molecular formula is C30H50O. The molecule has 3 saturated carbocycles. The summed E-state index contributed by atoms with van der Waals surface area (Å²) in [6.07, 6.45) is 15.4. The molecule has 0 aromatic rings. The number of allylic oxidation sites excluding steroid dienone is 2. The van der Waals surface area contributed by atoms with Gasteiger partial charge in [0.15, 0.2) is 0 Å². The molecule has 4 rings (SSSR count). The molecule has 176 valence electrons. The van der Waals surface area contributed by atoms with Crippen molar-refractivity contribution in [1.82, 2.24) is 0 Å². The highest BCUT2D eigenvalue weighted by atomic mass is 16.3. The van der Waals surface area contributed by atoms with E-state index in [1.54, 1.807) is 5.57 Å². The van der Waals surface area contributed by atoms with Crippen molar-refractivity contribution in [1.29, 1.82) is 0 Å². The van der Waals surface area contributed by atoms with Gasteiger partial charge in [-0.1, -0.05) is 58.4 Å². The first-order chi connectivity index (χ1) is 14.6. The molecule has 0 bridgehead atoms. The normalized spacial score (nSPS) is 44.1. The van der Waals surface area contributed by atoms with Crippen molar-refractivity contribution in [2.45, 2.75) is 112 Å². The van der Waals surface area contributed by atoms with Gasteiger partial charge in [0.05, 0.1) is 6.10 Å². The molecule has 0 radical (unpaired) electrons. The summed E-state index contributed by atoms with van der Waals surface area (Å²) in [5.74, 6) is 5.81. The van der Waals surface area contributed by atoms with Gasteiger partial charge < -0.3 is 5.11 Å². The summed E-state index contributed by atoms with van der Waals surface area (Å²) < 4.78 is 0. The van der Waals surface area contributed by atoms with Crippen molar-refractivity contribution in [3.63, 3.8) is 0 Å². The third kappa shape index (κ3) is 4.00. The van der Waals surface area contributed by atoms with Gasteiger partial charge in [0, 0.05) is 0 Å². The molecule has 1 N–H and O–H groups in total. The highest BCUT2D eigenvalue weighted by Gasteiger charge is 2.59. The van der Waals surface area contributed by atoms with E-state index in [9.17, 15) is 5.11 Å². The van der Waals surface area contributed by atoms with Gasteiger partial charge in [-0.25, -0.2) is 0 Å². The molecule has 0 aromatic heterocycles. The molecule has 4 aliphatic rings. The summed E-state index contributed by atoms with van der Waals surface area (Å²) >= 11 is 0. The van der Waals surface area contributed by atoms with E-state index < -0.39 is 0 Å². The molecule has 3 fully saturated rings. The maximum Gasteiger partial charge on any atom is 0.0577 e. The number of hydrogen-bond donors (Lipinski definition) is 1. The Hall–Kier alpha value is -0.560. The molecule has 0 unspecified atom stereocenters. The second kappa shape index (κ2) is 8.66. The number of rotatable bonds is 6. The fourth-order valence-electron chi connectivity index (χ4n) is 9.41. The SMILES string of the molecule is C=C(C)[C@H](CC[C@@H](C)[C@H]1CC[C@H]2[C@@H]3CC=C4C[C@@H](O)CC[C@]4(C)[C@H]3CC[C@]12C)C(C)C. The summed E-state index contributed by atoms with van der Waals surface area (Å²) in [7, 11) is 0. The first kappa shape index (κ1) is 23.6. The standard InChI is InChI=1S/C30H50O/c1-19(2)24(20(3)4)10-8-21(5)26-12-13-27-25-11-9-22-18-23(31)14-16-29(22,6)28(25)15-17-30(26,27)7/h9,20-21,23-28,31H,1,8,10-18H2,2-7H3/t21-,23+,24+,25+,26-,27+,28+,29+,30-/m1/s1. The Bertz CT molecular complexity index is 703. The zero-order valence-electron chi connectivity index (χ0n) is 21.4. The molecule has 0 heterocycles. The minimum atomic E-state index is -0.0877. The molecule has 31 heavy (non-hydrogen) atoms. The second-order valence-electron chi connectivity index (χ2n) is 13.1. The van der Waals surface area contributed by atoms with Crippen molar-refractivity contribution in [2.75, 3.05) is 0 Å². The first-order valence-electron chi connectivity index (χ1n) is 13.6. The molecule has 0 aliphatic heterocycles. The lowest BCUT2D eigenvalue weighted by Crippen LogP contribution is -2.50. The van der Waals surface area contributed by atoms with Crippen LogP contribution >= 0.6 is 0 Å². The number of fused-ring (bicyclic) bond motifs is 5. The average Bonchev–Trinajstić information content (AvgIpc) is 3.05. The lowest BCUT2D eigenvalue weighted by Gasteiger charge is -2.58. The fourth-order valence-corrected chi connectivity index (χ4v) is 9.41. The maximum atomic E-state index is 10.3. The Morgan fingerprint density at radius 1 is 1.06 bits per heavy atom. The van der Waals surface area contributed by atoms with Crippen LogP contribution in [0.25, 0.3) is 0 Å². The van der Waals surface area contributed by atoms with Crippen LogP contribution in [-0.2, 0) is 0 Å². The Labute approximate surface area is 193 Å². The van der Waals surface area contributed by atoms with E-state index in [1.165, 1.54) is 56.9 Å². The Morgan fingerprint density at radius 2 is 1.81 bits per heavy atom. The van der Waals surface area contributed by atoms with Crippen LogP contribution in [0.15, 0.2) is 23.8 Å². The summed E-state index contributed by atoms with van der Waals surface area (Å²) in [6, 6.07) is 0. The molecule has 0 amide bonds. The zero-order valence-corrected chi connectivity index (χ0v) is 21.4. The van der Waals surface area contributed by atoms with Crippen molar-refractivity contribution >= 4 is 0 Å². The van der Waals surface area contributed by atoms with Gasteiger partial charge in [0.2, 0.25) is 0 Å². The molecular weight excluding hydrogens is 376 g/mol. The summed E-state index contributed by atoms with van der Waals surface area (Å²) in [5, 5.41) is 10.3. The predicted molar refractivity (Wildman–Crippen MR) is 133 cm³/mol. The van der Waals surface area contributed by atoms with Crippen LogP contribution < -0.4 is 0 Å². The third-order valence-electron chi connectivity index (χ3n) is 11.2. The molecule has 0 spiro atoms. The van der Waals surface area contributed by atoms with Crippen molar-refractivity contribution in [3.05, 3.63) is 23.8 Å². The smallest absolute Gasteiger partial charge is 0.0577 e. The first-order valence-corrected chi connectivity index (χ1v) is 13.6. The highest BCUT2D eigenvalue weighted by Crippen LogP contribution is 2.67. The lowest BCUT2D eigenvalue weighted by molar-refractivity contribution is -0.0574. The van der Waals surface area contributed by atoms with Gasteiger partial charge in [-0.15, -0.1) is 0 Å². The van der Waals surface area contributed by atoms with Crippen LogP contribution in [0, 0.1) is 52.3 Å². The van der Waals surface area contributed by atoms with Gasteiger partial charge in [-0.2, -0.15) is 0 Å². The van der Waals surface area contributed by atoms with Crippen LogP contribution in [0.5, 0.6) is 0 Å². The van der Waals surface area contributed by atoms with Gasteiger partial charge in [0.25, 0.3) is 0 Å². The molecule has 9 atom stereocenters. The van der Waals surface area contributed by atoms with E-state index >= 15 is 0 Å². The topological polar surface area (TPSA) is 20.2 Å². The maximum absolute atomic E-state index is 10.3. The van der Waals surface area contributed by atoms with Crippen LogP contribution in [0.4, 0.5) is 0 Å². The minimum absolute atomic E-state index is 0.0877. The molecule has 0 saturated heterocycles. The van der Waals surface area contributed by atoms with Crippen LogP contribution in [0.1, 0.15) is 106 Å². The minimum Gasteiger partial charge on any atom is -0.393 e. The van der Waals surface area contributed by atoms with E-state index in [-0.39, 0.29) is 6.10 Å². The molecule has 0 aromatic carbocycles. The van der Waals surface area contributed by atoms with Crippen LogP contribution in [0.3, 0.4) is 0 Å². The van der Waals surface area contributed by atoms with Gasteiger partial charge >= 0.3 is 0 Å². The summed E-state index contributed by atoms with van der Waals surface area (Å²) in [4.78, 5) is 0. The Kier molecular flexibility index (Phi) is 6.59. The third-order valence-corrected chi connectivity index (χ3v) is 11.2. The number of hydrogen-bond acceptors (Lipinski definition) is 1. The van der Waals surface area contributed by atoms with Gasteiger partial charge in [-0.05, 0) is 123 Å². The van der Waals surface area contributed by atoms with E-state index in [0.29, 0.717) is 22.7 Å². The van der Waals surface area contributed by atoms with E-state index in [4.69, 9.17) is 0 Å². The largest absolute Gasteiger partial charge is 0.393 e. The molecule has 1 heteroatoms. The van der Waals surface area contributed by atoms with E-state index in [2.05, 4.69) is 54.2 Å². The van der Waals surface area contributed by atoms with Gasteiger partial charge in [0.1, 0.15) is 0 Å². The average molecular weight is 427 g/mol. The summed E-state index contributed by atoms with van der Waals surface area (Å²) in [5.41, 5.74) is 3.92. The Balaban J connectivity index is 1.47. The summed E-state index contributed by atoms with van der Waals surface area (Å²) in [6.45, 7) is 19.1. The zero-order chi connectivity index (χ0) is 22.6. The molecule has 1 nitrogen and oxygen atoms in total. The van der Waals surface area contributed by atoms with Crippen molar-refractivity contribution in [2.24, 2.45) is 52.3 Å².